The van der Waals surface area contributed by atoms with Gasteiger partial charge in [0.05, 0.1) is 6.04 Å². The Morgan fingerprint density at radius 3 is 2.43 bits per heavy atom. The Morgan fingerprint density at radius 1 is 1.09 bits per heavy atom. The van der Waals surface area contributed by atoms with Crippen LogP contribution in [0.5, 0.6) is 0 Å². The summed E-state index contributed by atoms with van der Waals surface area (Å²) in [4.78, 5) is 4.33. The average molecular weight is 327 g/mol. The van der Waals surface area contributed by atoms with E-state index in [0.29, 0.717) is 11.0 Å². The molecule has 2 N–H and O–H groups in total. The van der Waals surface area contributed by atoms with Crippen molar-refractivity contribution in [1.82, 2.24) is 10.3 Å². The molecular formula is C19H25N3S. The predicted octanol–water partition coefficient (Wildman–Crippen LogP) is 4.69. The molecule has 1 aromatic heterocycles. The second-order valence-corrected chi connectivity index (χ2v) is 6.76. The van der Waals surface area contributed by atoms with Crippen LogP contribution >= 0.6 is 12.2 Å². The highest BCUT2D eigenvalue weighted by atomic mass is 32.1. The van der Waals surface area contributed by atoms with Gasteiger partial charge in [0.15, 0.2) is 5.11 Å². The molecule has 0 saturated heterocycles. The van der Waals surface area contributed by atoms with E-state index in [4.69, 9.17) is 12.2 Å². The molecule has 0 bridgehead atoms. The van der Waals surface area contributed by atoms with Gasteiger partial charge in [0.1, 0.15) is 5.82 Å². The maximum Gasteiger partial charge on any atom is 0.172 e. The molecule has 0 fully saturated rings. The van der Waals surface area contributed by atoms with E-state index in [2.05, 4.69) is 61.5 Å². The summed E-state index contributed by atoms with van der Waals surface area (Å²) in [5, 5.41) is 7.26. The summed E-state index contributed by atoms with van der Waals surface area (Å²) in [5.74, 6) is 1.22. The second kappa shape index (κ2) is 7.55. The Hall–Kier alpha value is -1.94. The van der Waals surface area contributed by atoms with Crippen LogP contribution < -0.4 is 10.6 Å². The van der Waals surface area contributed by atoms with Gasteiger partial charge in [0.25, 0.3) is 0 Å². The highest BCUT2D eigenvalue weighted by Crippen LogP contribution is 2.25. The molecule has 23 heavy (non-hydrogen) atoms. The van der Waals surface area contributed by atoms with E-state index in [0.717, 1.165) is 11.4 Å². The maximum absolute atomic E-state index is 5.50. The molecule has 0 amide bonds. The first-order valence-corrected chi connectivity index (χ1v) is 8.35. The number of aryl methyl sites for hydroxylation is 3. The molecule has 4 heteroatoms. The summed E-state index contributed by atoms with van der Waals surface area (Å²) in [6, 6.07) is 10.7. The zero-order valence-electron chi connectivity index (χ0n) is 14.5. The zero-order valence-corrected chi connectivity index (χ0v) is 15.3. The Labute approximate surface area is 144 Å². The van der Waals surface area contributed by atoms with Crippen LogP contribution in [-0.4, -0.2) is 10.1 Å². The van der Waals surface area contributed by atoms with Crippen molar-refractivity contribution in [3.8, 4) is 0 Å². The molecule has 0 radical (unpaired) electrons. The molecule has 0 spiro atoms. The van der Waals surface area contributed by atoms with E-state index in [9.17, 15) is 0 Å². The van der Waals surface area contributed by atoms with Crippen molar-refractivity contribution in [3.05, 3.63) is 58.8 Å². The van der Waals surface area contributed by atoms with Crippen molar-refractivity contribution < 1.29 is 0 Å². The number of benzene rings is 1. The lowest BCUT2D eigenvalue weighted by atomic mass is 9.92. The molecule has 1 unspecified atom stereocenters. The van der Waals surface area contributed by atoms with Crippen LogP contribution in [0.4, 0.5) is 5.82 Å². The van der Waals surface area contributed by atoms with Crippen LogP contribution in [0.25, 0.3) is 0 Å². The number of hydrogen-bond donors (Lipinski definition) is 2. The highest BCUT2D eigenvalue weighted by Gasteiger charge is 2.19. The van der Waals surface area contributed by atoms with Crippen LogP contribution in [0.1, 0.15) is 42.1 Å². The Kier molecular flexibility index (Phi) is 5.72. The lowest BCUT2D eigenvalue weighted by Gasteiger charge is -2.26. The van der Waals surface area contributed by atoms with Crippen molar-refractivity contribution in [3.63, 3.8) is 0 Å². The Balaban J connectivity index is 2.16. The normalized spacial score (nSPS) is 12.1. The van der Waals surface area contributed by atoms with Gasteiger partial charge in [-0.25, -0.2) is 4.98 Å². The van der Waals surface area contributed by atoms with E-state index in [1.807, 2.05) is 19.1 Å². The first-order valence-electron chi connectivity index (χ1n) is 7.94. The molecule has 1 atom stereocenters. The summed E-state index contributed by atoms with van der Waals surface area (Å²) in [7, 11) is 0. The van der Waals surface area contributed by atoms with Crippen LogP contribution in [0.15, 0.2) is 36.5 Å². The smallest absolute Gasteiger partial charge is 0.172 e. The van der Waals surface area contributed by atoms with E-state index >= 15 is 0 Å². The molecule has 3 nitrogen and oxygen atoms in total. The number of thiocarbonyl (C=S) groups is 1. The fraction of sp³-hybridized carbons (Fsp3) is 0.368. The van der Waals surface area contributed by atoms with Gasteiger partial charge >= 0.3 is 0 Å². The summed E-state index contributed by atoms with van der Waals surface area (Å²) in [6.45, 7) is 10.7. The van der Waals surface area contributed by atoms with Crippen molar-refractivity contribution in [2.45, 2.75) is 40.7 Å². The standard InChI is InChI=1S/C19H25N3S/c1-12(2)17(16-9-8-13(3)11-15(16)5)21-19(23)22-18-14(4)7-6-10-20-18/h6-12,17H,1-5H3,(H2,20,21,22,23). The number of hydrogen-bond acceptors (Lipinski definition) is 2. The van der Waals surface area contributed by atoms with Crippen molar-refractivity contribution in [2.75, 3.05) is 5.32 Å². The highest BCUT2D eigenvalue weighted by molar-refractivity contribution is 7.80. The number of nitrogens with one attached hydrogen (secondary N) is 2. The van der Waals surface area contributed by atoms with Crippen LogP contribution in [0, 0.1) is 26.7 Å². The minimum absolute atomic E-state index is 0.166. The van der Waals surface area contributed by atoms with Gasteiger partial charge in [-0.1, -0.05) is 43.7 Å². The van der Waals surface area contributed by atoms with Gasteiger partial charge in [0.2, 0.25) is 0 Å². The summed E-state index contributed by atoms with van der Waals surface area (Å²) in [6.07, 6.45) is 1.77. The lowest BCUT2D eigenvalue weighted by Crippen LogP contribution is -2.35. The number of anilines is 1. The van der Waals surface area contributed by atoms with E-state index in [1.165, 1.54) is 16.7 Å². The SMILES string of the molecule is Cc1ccc(C(NC(=S)Nc2ncccc2C)C(C)C)c(C)c1. The Bertz CT molecular complexity index is 695. The van der Waals surface area contributed by atoms with Gasteiger partial charge < -0.3 is 10.6 Å². The van der Waals surface area contributed by atoms with Crippen molar-refractivity contribution >= 4 is 23.1 Å². The third-order valence-electron chi connectivity index (χ3n) is 3.96. The largest absolute Gasteiger partial charge is 0.355 e. The third kappa shape index (κ3) is 4.52. The minimum atomic E-state index is 0.166. The van der Waals surface area contributed by atoms with E-state index in [1.54, 1.807) is 6.20 Å². The van der Waals surface area contributed by atoms with E-state index in [-0.39, 0.29) is 6.04 Å². The minimum Gasteiger partial charge on any atom is -0.355 e. The lowest BCUT2D eigenvalue weighted by molar-refractivity contribution is 0.471. The first-order chi connectivity index (χ1) is 10.9. The third-order valence-corrected chi connectivity index (χ3v) is 4.17. The van der Waals surface area contributed by atoms with Crippen LogP contribution in [0.3, 0.4) is 0 Å². The molecular weight excluding hydrogens is 302 g/mol. The average Bonchev–Trinajstić information content (AvgIpc) is 2.48. The molecule has 2 rings (SSSR count). The fourth-order valence-electron chi connectivity index (χ4n) is 2.68. The second-order valence-electron chi connectivity index (χ2n) is 6.35. The van der Waals surface area contributed by atoms with Gasteiger partial charge in [-0.15, -0.1) is 0 Å². The molecule has 0 aliphatic rings. The number of rotatable bonds is 4. The molecule has 0 aliphatic carbocycles. The molecule has 0 saturated carbocycles. The summed E-state index contributed by atoms with van der Waals surface area (Å²) < 4.78 is 0. The number of aromatic nitrogens is 1. The van der Waals surface area contributed by atoms with Crippen LogP contribution in [-0.2, 0) is 0 Å². The zero-order chi connectivity index (χ0) is 17.0. The number of pyridine rings is 1. The predicted molar refractivity (Wildman–Crippen MR) is 102 cm³/mol. The van der Waals surface area contributed by atoms with Gasteiger partial charge in [-0.3, -0.25) is 0 Å². The topological polar surface area (TPSA) is 37.0 Å². The van der Waals surface area contributed by atoms with Crippen LogP contribution in [0.2, 0.25) is 0 Å². The summed E-state index contributed by atoms with van der Waals surface area (Å²) in [5.41, 5.74) is 4.92. The van der Waals surface area contributed by atoms with Crippen molar-refractivity contribution in [1.29, 1.82) is 0 Å². The molecule has 1 heterocycles. The van der Waals surface area contributed by atoms with Crippen molar-refractivity contribution in [2.24, 2.45) is 5.92 Å². The summed E-state index contributed by atoms with van der Waals surface area (Å²) >= 11 is 5.50. The van der Waals surface area contributed by atoms with Gasteiger partial charge in [-0.05, 0) is 61.7 Å². The monoisotopic (exact) mass is 327 g/mol. The molecule has 1 aromatic carbocycles. The number of nitrogens with zero attached hydrogens (tertiary/aromatic N) is 1. The molecule has 122 valence electrons. The van der Waals surface area contributed by atoms with E-state index < -0.39 is 0 Å². The fourth-order valence-corrected chi connectivity index (χ4v) is 2.90. The molecule has 2 aromatic rings. The molecule has 0 aliphatic heterocycles. The Morgan fingerprint density at radius 2 is 1.83 bits per heavy atom. The quantitative estimate of drug-likeness (QED) is 0.799. The maximum atomic E-state index is 5.50. The first kappa shape index (κ1) is 17.4. The van der Waals surface area contributed by atoms with Gasteiger partial charge in [-0.2, -0.15) is 0 Å². The van der Waals surface area contributed by atoms with Gasteiger partial charge in [0, 0.05) is 6.20 Å².